The Balaban J connectivity index is 1.56. The van der Waals surface area contributed by atoms with Crippen molar-refractivity contribution in [2.24, 2.45) is 4.99 Å². The maximum Gasteiger partial charge on any atom is 0.227 e. The van der Waals surface area contributed by atoms with Gasteiger partial charge in [-0.25, -0.2) is 9.37 Å². The van der Waals surface area contributed by atoms with Gasteiger partial charge >= 0.3 is 0 Å². The van der Waals surface area contributed by atoms with E-state index in [1.54, 1.807) is 18.3 Å². The van der Waals surface area contributed by atoms with Crippen molar-refractivity contribution in [2.75, 3.05) is 0 Å². The second-order valence-electron chi connectivity index (χ2n) is 5.73. The Morgan fingerprint density at radius 2 is 1.81 bits per heavy atom. The summed E-state index contributed by atoms with van der Waals surface area (Å²) in [6.45, 7) is 0. The zero-order valence-corrected chi connectivity index (χ0v) is 13.8. The van der Waals surface area contributed by atoms with Crippen molar-refractivity contribution in [3.8, 4) is 11.5 Å². The quantitative estimate of drug-likeness (QED) is 0.423. The molecule has 4 aromatic rings. The van der Waals surface area contributed by atoms with E-state index in [0.29, 0.717) is 22.6 Å². The van der Waals surface area contributed by atoms with E-state index >= 15 is 0 Å². The molecule has 0 fully saturated rings. The Morgan fingerprint density at radius 3 is 2.65 bits per heavy atom. The molecule has 4 heteroatoms. The molecule has 0 aliphatic heterocycles. The number of aromatic nitrogens is 1. The predicted molar refractivity (Wildman–Crippen MR) is 103 cm³/mol. The number of hydrogen-bond donors (Lipinski definition) is 0. The first-order valence-electron chi connectivity index (χ1n) is 8.20. The Bertz CT molecular complexity index is 1100. The first-order valence-corrected chi connectivity index (χ1v) is 8.20. The Kier molecular flexibility index (Phi) is 4.39. The molecule has 0 N–H and O–H groups in total. The molecule has 0 aliphatic carbocycles. The summed E-state index contributed by atoms with van der Waals surface area (Å²) in [6.07, 6.45) is 5.61. The summed E-state index contributed by atoms with van der Waals surface area (Å²) in [6, 6.07) is 21.7. The largest absolute Gasteiger partial charge is 0.436 e. The SMILES string of the molecule is Fc1cccc(-c2nc3cc(N=CC=Cc4ccccc4)ccc3o2)c1. The van der Waals surface area contributed by atoms with Crippen molar-refractivity contribution in [1.29, 1.82) is 0 Å². The number of oxazole rings is 1. The monoisotopic (exact) mass is 342 g/mol. The first-order chi connectivity index (χ1) is 12.8. The number of rotatable bonds is 4. The van der Waals surface area contributed by atoms with Crippen molar-refractivity contribution in [3.63, 3.8) is 0 Å². The minimum Gasteiger partial charge on any atom is -0.436 e. The molecule has 0 unspecified atom stereocenters. The molecule has 0 radical (unpaired) electrons. The number of nitrogens with zero attached hydrogens (tertiary/aromatic N) is 2. The third-order valence-electron chi connectivity index (χ3n) is 3.84. The van der Waals surface area contributed by atoms with E-state index < -0.39 is 0 Å². The van der Waals surface area contributed by atoms with Gasteiger partial charge in [0.05, 0.1) is 5.69 Å². The third kappa shape index (κ3) is 3.59. The number of aliphatic imine (C=N–C) groups is 1. The van der Waals surface area contributed by atoms with E-state index in [2.05, 4.69) is 9.98 Å². The van der Waals surface area contributed by atoms with Gasteiger partial charge in [-0.05, 0) is 48.0 Å². The van der Waals surface area contributed by atoms with Crippen LogP contribution in [0.1, 0.15) is 5.56 Å². The number of halogens is 1. The lowest BCUT2D eigenvalue weighted by Gasteiger charge is -1.93. The molecule has 1 heterocycles. The number of benzene rings is 3. The van der Waals surface area contributed by atoms with E-state index in [1.807, 2.05) is 60.7 Å². The van der Waals surface area contributed by atoms with Gasteiger partial charge in [0.15, 0.2) is 5.58 Å². The van der Waals surface area contributed by atoms with Crippen LogP contribution in [0, 0.1) is 5.82 Å². The fourth-order valence-corrected chi connectivity index (χ4v) is 2.59. The summed E-state index contributed by atoms with van der Waals surface area (Å²) in [5.74, 6) is 0.0739. The van der Waals surface area contributed by atoms with Gasteiger partial charge in [0, 0.05) is 11.8 Å². The fraction of sp³-hybridized carbons (Fsp3) is 0. The summed E-state index contributed by atoms with van der Waals surface area (Å²) in [5, 5.41) is 0. The average molecular weight is 342 g/mol. The van der Waals surface area contributed by atoms with Gasteiger partial charge in [0.2, 0.25) is 5.89 Å². The van der Waals surface area contributed by atoms with E-state index in [0.717, 1.165) is 11.3 Å². The second kappa shape index (κ2) is 7.15. The van der Waals surface area contributed by atoms with Crippen molar-refractivity contribution in [3.05, 3.63) is 90.3 Å². The molecule has 4 rings (SSSR count). The van der Waals surface area contributed by atoms with Crippen LogP contribution in [0.15, 0.2) is 88.3 Å². The van der Waals surface area contributed by atoms with Crippen molar-refractivity contribution in [1.82, 2.24) is 4.98 Å². The van der Waals surface area contributed by atoms with Gasteiger partial charge < -0.3 is 4.42 Å². The summed E-state index contributed by atoms with van der Waals surface area (Å²) in [5.41, 5.74) is 3.82. The zero-order valence-electron chi connectivity index (χ0n) is 13.8. The van der Waals surface area contributed by atoms with Gasteiger partial charge in [0.1, 0.15) is 11.3 Å². The molecule has 3 aromatic carbocycles. The predicted octanol–water partition coefficient (Wildman–Crippen LogP) is 6.05. The lowest BCUT2D eigenvalue weighted by Crippen LogP contribution is -1.78. The Hall–Kier alpha value is -3.53. The van der Waals surface area contributed by atoms with Crippen LogP contribution in [-0.4, -0.2) is 11.2 Å². The lowest BCUT2D eigenvalue weighted by atomic mass is 10.2. The number of fused-ring (bicyclic) bond motifs is 1. The molecular formula is C22H15FN2O. The van der Waals surface area contributed by atoms with Crippen LogP contribution in [0.2, 0.25) is 0 Å². The van der Waals surface area contributed by atoms with Crippen LogP contribution < -0.4 is 0 Å². The standard InChI is InChI=1S/C22H15FN2O/c23-18-10-4-9-17(14-18)22-25-20-15-19(11-12-21(20)26-22)24-13-5-8-16-6-2-1-3-7-16/h1-15H. The van der Waals surface area contributed by atoms with Crippen molar-refractivity contribution in [2.45, 2.75) is 0 Å². The molecule has 26 heavy (non-hydrogen) atoms. The Labute approximate surface area is 150 Å². The molecule has 1 aromatic heterocycles. The van der Waals surface area contributed by atoms with Crippen LogP contribution in [-0.2, 0) is 0 Å². The van der Waals surface area contributed by atoms with Gasteiger partial charge in [-0.2, -0.15) is 0 Å². The molecule has 0 aliphatic rings. The van der Waals surface area contributed by atoms with Crippen molar-refractivity contribution < 1.29 is 8.81 Å². The maximum absolute atomic E-state index is 13.4. The highest BCUT2D eigenvalue weighted by atomic mass is 19.1. The van der Waals surface area contributed by atoms with Crippen molar-refractivity contribution >= 4 is 29.1 Å². The molecular weight excluding hydrogens is 327 g/mol. The van der Waals surface area contributed by atoms with Crippen LogP contribution >= 0.6 is 0 Å². The normalized spacial score (nSPS) is 11.7. The molecule has 0 saturated carbocycles. The molecule has 0 atom stereocenters. The molecule has 0 saturated heterocycles. The molecule has 0 bridgehead atoms. The van der Waals surface area contributed by atoms with Gasteiger partial charge in [-0.15, -0.1) is 0 Å². The molecule has 0 amide bonds. The molecule has 3 nitrogen and oxygen atoms in total. The molecule has 0 spiro atoms. The summed E-state index contributed by atoms with van der Waals surface area (Å²) in [4.78, 5) is 8.85. The van der Waals surface area contributed by atoms with Gasteiger partial charge in [-0.3, -0.25) is 4.99 Å². The third-order valence-corrected chi connectivity index (χ3v) is 3.84. The highest BCUT2D eigenvalue weighted by Gasteiger charge is 2.09. The van der Waals surface area contributed by atoms with Crippen LogP contribution in [0.4, 0.5) is 10.1 Å². The first kappa shape index (κ1) is 16.0. The van der Waals surface area contributed by atoms with Crippen LogP contribution in [0.5, 0.6) is 0 Å². The number of hydrogen-bond acceptors (Lipinski definition) is 3. The maximum atomic E-state index is 13.4. The second-order valence-corrected chi connectivity index (χ2v) is 5.73. The highest BCUT2D eigenvalue weighted by Crippen LogP contribution is 2.27. The van der Waals surface area contributed by atoms with Crippen LogP contribution in [0.25, 0.3) is 28.6 Å². The van der Waals surface area contributed by atoms with E-state index in [4.69, 9.17) is 4.42 Å². The van der Waals surface area contributed by atoms with Crippen LogP contribution in [0.3, 0.4) is 0 Å². The topological polar surface area (TPSA) is 38.4 Å². The number of allylic oxidation sites excluding steroid dienone is 1. The summed E-state index contributed by atoms with van der Waals surface area (Å²) in [7, 11) is 0. The summed E-state index contributed by atoms with van der Waals surface area (Å²) < 4.78 is 19.1. The van der Waals surface area contributed by atoms with Gasteiger partial charge in [0.25, 0.3) is 0 Å². The lowest BCUT2D eigenvalue weighted by molar-refractivity contribution is 0.611. The highest BCUT2D eigenvalue weighted by molar-refractivity contribution is 5.83. The summed E-state index contributed by atoms with van der Waals surface area (Å²) >= 11 is 0. The smallest absolute Gasteiger partial charge is 0.227 e. The zero-order chi connectivity index (χ0) is 17.8. The molecule has 126 valence electrons. The fourth-order valence-electron chi connectivity index (χ4n) is 2.59. The van der Waals surface area contributed by atoms with E-state index in [1.165, 1.54) is 12.1 Å². The van der Waals surface area contributed by atoms with Gasteiger partial charge in [-0.1, -0.05) is 42.5 Å². The average Bonchev–Trinajstić information content (AvgIpc) is 3.10. The minimum absolute atomic E-state index is 0.319. The Morgan fingerprint density at radius 1 is 0.923 bits per heavy atom. The van der Waals surface area contributed by atoms with E-state index in [-0.39, 0.29) is 5.82 Å². The minimum atomic E-state index is -0.319. The van der Waals surface area contributed by atoms with E-state index in [9.17, 15) is 4.39 Å².